The summed E-state index contributed by atoms with van der Waals surface area (Å²) < 4.78 is 0. The molecular weight excluding hydrogens is 446 g/mol. The van der Waals surface area contributed by atoms with Crippen LogP contribution in [0.2, 0.25) is 0 Å². The molecule has 0 spiro atoms. The average Bonchev–Trinajstić information content (AvgIpc) is 3.35. The van der Waals surface area contributed by atoms with Crippen LogP contribution in [0.4, 0.5) is 17.3 Å². The third kappa shape index (κ3) is 4.53. The molecule has 4 aromatic rings. The zero-order valence-corrected chi connectivity index (χ0v) is 19.4. The number of carbonyl (C=O) groups excluding carboxylic acids is 2. The summed E-state index contributed by atoms with van der Waals surface area (Å²) in [7, 11) is 1.78. The van der Waals surface area contributed by atoms with Crippen molar-refractivity contribution < 1.29 is 9.59 Å². The van der Waals surface area contributed by atoms with Crippen molar-refractivity contribution in [2.24, 2.45) is 0 Å². The zero-order valence-electron chi connectivity index (χ0n) is 18.6. The van der Waals surface area contributed by atoms with E-state index >= 15 is 0 Å². The lowest BCUT2D eigenvalue weighted by Crippen LogP contribution is -2.26. The molecular formula is C26H23N5O2S. The first-order chi connectivity index (χ1) is 16.6. The Labute approximate surface area is 201 Å². The maximum atomic E-state index is 12.6. The third-order valence-electron chi connectivity index (χ3n) is 5.74. The van der Waals surface area contributed by atoms with Gasteiger partial charge >= 0.3 is 0 Å². The fraction of sp³-hybridized carbons (Fsp3) is 0.154. The number of likely N-dealkylation sites (N-methyl/N-ethyl adjacent to an activating group) is 1. The van der Waals surface area contributed by atoms with E-state index in [0.717, 1.165) is 34.6 Å². The first-order valence-electron chi connectivity index (χ1n) is 11.0. The molecule has 2 amide bonds. The molecule has 0 bridgehead atoms. The minimum atomic E-state index is -0.102. The molecule has 0 atom stereocenters. The van der Waals surface area contributed by atoms with Crippen molar-refractivity contribution in [3.05, 3.63) is 88.2 Å². The van der Waals surface area contributed by atoms with Gasteiger partial charge in [0.2, 0.25) is 11.9 Å². The number of hydrogen-bond donors (Lipinski definition) is 2. The van der Waals surface area contributed by atoms with Crippen LogP contribution >= 0.6 is 11.3 Å². The monoisotopic (exact) mass is 469 g/mol. The quantitative estimate of drug-likeness (QED) is 0.436. The molecule has 5 rings (SSSR count). The van der Waals surface area contributed by atoms with E-state index in [9.17, 15) is 9.59 Å². The van der Waals surface area contributed by atoms with Crippen molar-refractivity contribution in [2.45, 2.75) is 12.8 Å². The molecule has 34 heavy (non-hydrogen) atoms. The molecule has 0 unspecified atom stereocenters. The Kier molecular flexibility index (Phi) is 6.05. The van der Waals surface area contributed by atoms with E-state index in [1.807, 2.05) is 47.8 Å². The number of nitrogens with zero attached hydrogens (tertiary/aromatic N) is 3. The third-order valence-corrected chi connectivity index (χ3v) is 6.68. The minimum Gasteiger partial charge on any atom is -0.352 e. The summed E-state index contributed by atoms with van der Waals surface area (Å²) in [5.74, 6) is 0.327. The van der Waals surface area contributed by atoms with Crippen LogP contribution in [0.25, 0.3) is 11.3 Å². The first kappa shape index (κ1) is 21.8. The van der Waals surface area contributed by atoms with Crippen molar-refractivity contribution in [3.63, 3.8) is 0 Å². The molecule has 0 saturated heterocycles. The van der Waals surface area contributed by atoms with Gasteiger partial charge in [0.25, 0.3) is 5.91 Å². The Morgan fingerprint density at radius 3 is 2.71 bits per heavy atom. The normalized spacial score (nSPS) is 12.5. The van der Waals surface area contributed by atoms with Gasteiger partial charge in [0, 0.05) is 47.0 Å². The summed E-state index contributed by atoms with van der Waals surface area (Å²) in [5.41, 5.74) is 4.62. The van der Waals surface area contributed by atoms with Gasteiger partial charge in [-0.15, -0.1) is 11.3 Å². The van der Waals surface area contributed by atoms with Crippen LogP contribution in [0.3, 0.4) is 0 Å². The van der Waals surface area contributed by atoms with Gasteiger partial charge in [-0.1, -0.05) is 24.3 Å². The topological polar surface area (TPSA) is 87.2 Å². The molecule has 1 aliphatic rings. The number of thiophene rings is 1. The van der Waals surface area contributed by atoms with E-state index in [2.05, 4.69) is 21.7 Å². The lowest BCUT2D eigenvalue weighted by molar-refractivity contribution is -0.117. The van der Waals surface area contributed by atoms with Crippen LogP contribution in [0.1, 0.15) is 20.8 Å². The number of nitrogens with one attached hydrogen (secondary N) is 2. The second-order valence-electron chi connectivity index (χ2n) is 8.00. The van der Waals surface area contributed by atoms with Gasteiger partial charge < -0.3 is 15.5 Å². The van der Waals surface area contributed by atoms with E-state index in [-0.39, 0.29) is 18.2 Å². The average molecular weight is 470 g/mol. The molecule has 0 fully saturated rings. The predicted molar refractivity (Wildman–Crippen MR) is 135 cm³/mol. The molecule has 2 N–H and O–H groups in total. The van der Waals surface area contributed by atoms with Gasteiger partial charge in [-0.2, -0.15) is 0 Å². The molecule has 8 heteroatoms. The highest BCUT2D eigenvalue weighted by atomic mass is 32.1. The van der Waals surface area contributed by atoms with Crippen LogP contribution in [0, 0.1) is 0 Å². The van der Waals surface area contributed by atoms with Crippen molar-refractivity contribution in [2.75, 3.05) is 23.8 Å². The molecule has 0 aliphatic carbocycles. The molecule has 2 aromatic heterocycles. The summed E-state index contributed by atoms with van der Waals surface area (Å²) in [4.78, 5) is 37.0. The minimum absolute atomic E-state index is 0.000219. The Hall–Kier alpha value is -4.04. The van der Waals surface area contributed by atoms with Crippen molar-refractivity contribution in [3.8, 4) is 11.3 Å². The lowest BCUT2D eigenvalue weighted by Gasteiger charge is -2.16. The number of rotatable bonds is 6. The Morgan fingerprint density at radius 1 is 1.09 bits per heavy atom. The molecule has 7 nitrogen and oxygen atoms in total. The number of aromatic nitrogens is 2. The van der Waals surface area contributed by atoms with E-state index in [0.29, 0.717) is 18.1 Å². The van der Waals surface area contributed by atoms with E-state index in [1.54, 1.807) is 41.6 Å². The van der Waals surface area contributed by atoms with Crippen LogP contribution in [0.15, 0.2) is 72.2 Å². The summed E-state index contributed by atoms with van der Waals surface area (Å²) >= 11 is 1.69. The molecule has 0 radical (unpaired) electrons. The second-order valence-corrected chi connectivity index (χ2v) is 9.03. The van der Waals surface area contributed by atoms with Gasteiger partial charge in [-0.05, 0) is 48.2 Å². The highest BCUT2D eigenvalue weighted by molar-refractivity contribution is 7.09. The molecule has 2 aromatic carbocycles. The highest BCUT2D eigenvalue weighted by Crippen LogP contribution is 2.35. The summed E-state index contributed by atoms with van der Waals surface area (Å²) in [6.45, 7) is 0.599. The van der Waals surface area contributed by atoms with Gasteiger partial charge in [-0.25, -0.2) is 9.97 Å². The Balaban J connectivity index is 1.30. The van der Waals surface area contributed by atoms with Crippen molar-refractivity contribution in [1.29, 1.82) is 0 Å². The molecule has 170 valence electrons. The van der Waals surface area contributed by atoms with Crippen LogP contribution in [0.5, 0.6) is 0 Å². The van der Waals surface area contributed by atoms with E-state index in [4.69, 9.17) is 4.98 Å². The standard InChI is InChI=1S/C26H23N5O2S/c1-31-22-7-3-2-6-21(22)24-18(15-23(31)32)16-28-26(30-24)29-19-10-8-17(9-11-19)25(33)27-13-12-20-5-4-14-34-20/h2-11,14,16H,12-13,15H2,1H3,(H,27,33)(H,28,29,30). The predicted octanol–water partition coefficient (Wildman–Crippen LogP) is 4.44. The fourth-order valence-electron chi connectivity index (χ4n) is 3.90. The Morgan fingerprint density at radius 2 is 1.91 bits per heavy atom. The number of carbonyl (C=O) groups is 2. The van der Waals surface area contributed by atoms with Gasteiger partial charge in [0.15, 0.2) is 0 Å². The number of benzene rings is 2. The highest BCUT2D eigenvalue weighted by Gasteiger charge is 2.24. The van der Waals surface area contributed by atoms with Gasteiger partial charge in [0.1, 0.15) is 0 Å². The zero-order chi connectivity index (χ0) is 23.5. The number of hydrogen-bond acceptors (Lipinski definition) is 6. The van der Waals surface area contributed by atoms with Crippen LogP contribution in [-0.4, -0.2) is 35.4 Å². The molecule has 3 heterocycles. The number of fused-ring (bicyclic) bond motifs is 3. The van der Waals surface area contributed by atoms with E-state index in [1.165, 1.54) is 4.88 Å². The van der Waals surface area contributed by atoms with Crippen LogP contribution < -0.4 is 15.5 Å². The van der Waals surface area contributed by atoms with Crippen LogP contribution in [-0.2, 0) is 17.6 Å². The first-order valence-corrected chi connectivity index (χ1v) is 11.9. The van der Waals surface area contributed by atoms with Crippen molar-refractivity contribution in [1.82, 2.24) is 15.3 Å². The fourth-order valence-corrected chi connectivity index (χ4v) is 4.61. The number of amides is 2. The smallest absolute Gasteiger partial charge is 0.251 e. The van der Waals surface area contributed by atoms with Gasteiger partial charge in [0.05, 0.1) is 17.8 Å². The second kappa shape index (κ2) is 9.44. The maximum absolute atomic E-state index is 12.6. The lowest BCUT2D eigenvalue weighted by atomic mass is 10.1. The largest absolute Gasteiger partial charge is 0.352 e. The summed E-state index contributed by atoms with van der Waals surface area (Å²) in [5, 5.41) is 8.19. The number of para-hydroxylation sites is 1. The summed E-state index contributed by atoms with van der Waals surface area (Å²) in [6.07, 6.45) is 2.77. The molecule has 1 aliphatic heterocycles. The van der Waals surface area contributed by atoms with Crippen molar-refractivity contribution >= 4 is 40.5 Å². The summed E-state index contributed by atoms with van der Waals surface area (Å²) in [6, 6.07) is 19.0. The van der Waals surface area contributed by atoms with Gasteiger partial charge in [-0.3, -0.25) is 9.59 Å². The van der Waals surface area contributed by atoms with E-state index < -0.39 is 0 Å². The molecule has 0 saturated carbocycles. The maximum Gasteiger partial charge on any atom is 0.251 e. The number of anilines is 3. The SMILES string of the molecule is CN1C(=O)Cc2cnc(Nc3ccc(C(=O)NCCc4cccs4)cc3)nc2-c2ccccc21. The Bertz CT molecular complexity index is 1340.